The van der Waals surface area contributed by atoms with Crippen LogP contribution in [0.3, 0.4) is 0 Å². The van der Waals surface area contributed by atoms with Gasteiger partial charge < -0.3 is 5.32 Å². The van der Waals surface area contributed by atoms with E-state index < -0.39 is 0 Å². The highest BCUT2D eigenvalue weighted by atomic mass is 32.1. The normalized spacial score (nSPS) is 10.7. The van der Waals surface area contributed by atoms with Crippen molar-refractivity contribution in [2.24, 2.45) is 0 Å². The Hall–Kier alpha value is -3.32. The van der Waals surface area contributed by atoms with Crippen LogP contribution in [-0.2, 0) is 0 Å². The summed E-state index contributed by atoms with van der Waals surface area (Å²) >= 11 is 1.60. The van der Waals surface area contributed by atoms with Crippen LogP contribution in [0, 0.1) is 6.92 Å². The first-order valence-corrected chi connectivity index (χ1v) is 8.89. The maximum atomic E-state index is 12.5. The average Bonchev–Trinajstić information content (AvgIpc) is 3.32. The summed E-state index contributed by atoms with van der Waals surface area (Å²) in [5.74, 6) is -0.307. The molecular weight excluding hydrogens is 346 g/mol. The number of para-hydroxylation sites is 1. The van der Waals surface area contributed by atoms with Crippen molar-refractivity contribution in [3.8, 4) is 16.9 Å². The second-order valence-corrected chi connectivity index (χ2v) is 6.70. The standard InChI is InChI=1S/C19H15N5OS/c1-13-21-18(12-26-13)14-6-5-7-15(10-14)22-19(25)17-11-20-24(23-17)16-8-3-2-4-9-16/h2-12H,1H3,(H,22,25). The molecule has 0 saturated heterocycles. The number of anilines is 1. The number of thiazole rings is 1. The van der Waals surface area contributed by atoms with Gasteiger partial charge in [0.25, 0.3) is 5.91 Å². The number of amides is 1. The number of nitrogens with one attached hydrogen (secondary N) is 1. The molecule has 0 fully saturated rings. The molecule has 0 atom stereocenters. The molecule has 4 aromatic rings. The third kappa shape index (κ3) is 3.38. The van der Waals surface area contributed by atoms with Gasteiger partial charge >= 0.3 is 0 Å². The third-order valence-electron chi connectivity index (χ3n) is 3.75. The first-order chi connectivity index (χ1) is 12.7. The minimum Gasteiger partial charge on any atom is -0.321 e. The van der Waals surface area contributed by atoms with Crippen LogP contribution in [0.2, 0.25) is 0 Å². The monoisotopic (exact) mass is 361 g/mol. The second kappa shape index (κ2) is 6.89. The maximum Gasteiger partial charge on any atom is 0.277 e. The van der Waals surface area contributed by atoms with Gasteiger partial charge in [-0.1, -0.05) is 30.3 Å². The van der Waals surface area contributed by atoms with Crippen LogP contribution in [0.5, 0.6) is 0 Å². The minimum absolute atomic E-state index is 0.253. The molecule has 0 saturated carbocycles. The lowest BCUT2D eigenvalue weighted by molar-refractivity contribution is 0.102. The summed E-state index contributed by atoms with van der Waals surface area (Å²) in [6.07, 6.45) is 1.45. The van der Waals surface area contributed by atoms with Crippen LogP contribution in [0.25, 0.3) is 16.9 Å². The van der Waals surface area contributed by atoms with E-state index in [4.69, 9.17) is 0 Å². The summed E-state index contributed by atoms with van der Waals surface area (Å²) in [7, 11) is 0. The van der Waals surface area contributed by atoms with E-state index in [1.54, 1.807) is 11.3 Å². The van der Waals surface area contributed by atoms with E-state index in [1.165, 1.54) is 11.0 Å². The molecule has 0 spiro atoms. The first kappa shape index (κ1) is 16.2. The molecule has 4 rings (SSSR count). The summed E-state index contributed by atoms with van der Waals surface area (Å²) in [5.41, 5.74) is 3.60. The van der Waals surface area contributed by atoms with Crippen molar-refractivity contribution >= 4 is 22.9 Å². The van der Waals surface area contributed by atoms with Crippen LogP contribution < -0.4 is 5.32 Å². The average molecular weight is 361 g/mol. The highest BCUT2D eigenvalue weighted by molar-refractivity contribution is 7.09. The highest BCUT2D eigenvalue weighted by Gasteiger charge is 2.12. The number of carbonyl (C=O) groups excluding carboxylic acids is 1. The van der Waals surface area contributed by atoms with Crippen molar-refractivity contribution in [1.82, 2.24) is 20.0 Å². The summed E-state index contributed by atoms with van der Waals surface area (Å²) in [6, 6.07) is 17.0. The number of hydrogen-bond donors (Lipinski definition) is 1. The first-order valence-electron chi connectivity index (χ1n) is 8.01. The Morgan fingerprint density at radius 1 is 1.12 bits per heavy atom. The van der Waals surface area contributed by atoms with Crippen molar-refractivity contribution in [2.75, 3.05) is 5.32 Å². The van der Waals surface area contributed by atoms with Gasteiger partial charge in [-0.25, -0.2) is 4.98 Å². The minimum atomic E-state index is -0.307. The molecular formula is C19H15N5OS. The molecule has 2 aromatic heterocycles. The van der Waals surface area contributed by atoms with Crippen molar-refractivity contribution in [3.63, 3.8) is 0 Å². The fraction of sp³-hybridized carbons (Fsp3) is 0.0526. The Labute approximate surface area is 154 Å². The lowest BCUT2D eigenvalue weighted by Gasteiger charge is -2.05. The number of aryl methyl sites for hydroxylation is 1. The van der Waals surface area contributed by atoms with Gasteiger partial charge in [0, 0.05) is 16.6 Å². The van der Waals surface area contributed by atoms with Gasteiger partial charge in [-0.15, -0.1) is 16.4 Å². The van der Waals surface area contributed by atoms with Crippen molar-refractivity contribution in [3.05, 3.63) is 76.9 Å². The van der Waals surface area contributed by atoms with Crippen LogP contribution in [-0.4, -0.2) is 25.9 Å². The van der Waals surface area contributed by atoms with Gasteiger partial charge in [-0.05, 0) is 31.2 Å². The number of aromatic nitrogens is 4. The SMILES string of the molecule is Cc1nc(-c2cccc(NC(=O)c3cnn(-c4ccccc4)n3)c2)cs1. The van der Waals surface area contributed by atoms with Crippen molar-refractivity contribution in [2.45, 2.75) is 6.92 Å². The molecule has 1 amide bonds. The van der Waals surface area contributed by atoms with E-state index >= 15 is 0 Å². The van der Waals surface area contributed by atoms with Crippen LogP contribution in [0.1, 0.15) is 15.5 Å². The molecule has 2 heterocycles. The maximum absolute atomic E-state index is 12.5. The molecule has 0 radical (unpaired) electrons. The van der Waals surface area contributed by atoms with E-state index in [1.807, 2.05) is 66.9 Å². The van der Waals surface area contributed by atoms with Gasteiger partial charge in [0.15, 0.2) is 5.69 Å². The zero-order chi connectivity index (χ0) is 17.9. The largest absolute Gasteiger partial charge is 0.321 e. The summed E-state index contributed by atoms with van der Waals surface area (Å²) in [6.45, 7) is 1.97. The molecule has 6 nitrogen and oxygen atoms in total. The third-order valence-corrected chi connectivity index (χ3v) is 4.52. The van der Waals surface area contributed by atoms with Gasteiger partial charge in [0.1, 0.15) is 0 Å². The molecule has 0 aliphatic carbocycles. The molecule has 0 unspecified atom stereocenters. The topological polar surface area (TPSA) is 72.7 Å². The number of rotatable bonds is 4. The number of nitrogens with zero attached hydrogens (tertiary/aromatic N) is 4. The van der Waals surface area contributed by atoms with Gasteiger partial charge in [0.05, 0.1) is 22.6 Å². The molecule has 0 aliphatic heterocycles. The lowest BCUT2D eigenvalue weighted by Crippen LogP contribution is -2.13. The second-order valence-electron chi connectivity index (χ2n) is 5.64. The van der Waals surface area contributed by atoms with Gasteiger partial charge in [0.2, 0.25) is 0 Å². The van der Waals surface area contributed by atoms with E-state index in [0.29, 0.717) is 5.69 Å². The Balaban J connectivity index is 1.53. The van der Waals surface area contributed by atoms with Gasteiger partial charge in [-0.3, -0.25) is 4.79 Å². The Bertz CT molecular complexity index is 1050. The quantitative estimate of drug-likeness (QED) is 0.597. The number of carbonyl (C=O) groups is 1. The smallest absolute Gasteiger partial charge is 0.277 e. The molecule has 26 heavy (non-hydrogen) atoms. The highest BCUT2D eigenvalue weighted by Crippen LogP contribution is 2.24. The van der Waals surface area contributed by atoms with E-state index in [-0.39, 0.29) is 11.6 Å². The van der Waals surface area contributed by atoms with Crippen LogP contribution >= 0.6 is 11.3 Å². The molecule has 0 aliphatic rings. The molecule has 0 bridgehead atoms. The zero-order valence-electron chi connectivity index (χ0n) is 14.0. The Morgan fingerprint density at radius 2 is 1.96 bits per heavy atom. The summed E-state index contributed by atoms with van der Waals surface area (Å²) in [5, 5.41) is 14.3. The van der Waals surface area contributed by atoms with E-state index in [2.05, 4.69) is 20.5 Å². The molecule has 128 valence electrons. The lowest BCUT2D eigenvalue weighted by atomic mass is 10.1. The van der Waals surface area contributed by atoms with Crippen LogP contribution in [0.4, 0.5) is 5.69 Å². The molecule has 1 N–H and O–H groups in total. The zero-order valence-corrected chi connectivity index (χ0v) is 14.8. The predicted octanol–water partition coefficient (Wildman–Crippen LogP) is 3.95. The predicted molar refractivity (Wildman–Crippen MR) is 102 cm³/mol. The molecule has 7 heteroatoms. The fourth-order valence-corrected chi connectivity index (χ4v) is 3.12. The Morgan fingerprint density at radius 3 is 2.73 bits per heavy atom. The van der Waals surface area contributed by atoms with Crippen molar-refractivity contribution < 1.29 is 4.79 Å². The summed E-state index contributed by atoms with van der Waals surface area (Å²) in [4.78, 5) is 18.4. The van der Waals surface area contributed by atoms with E-state index in [0.717, 1.165) is 22.0 Å². The summed E-state index contributed by atoms with van der Waals surface area (Å²) < 4.78 is 0. The Kier molecular flexibility index (Phi) is 4.28. The number of benzene rings is 2. The van der Waals surface area contributed by atoms with Crippen LogP contribution in [0.15, 0.2) is 66.2 Å². The molecule has 2 aromatic carbocycles. The van der Waals surface area contributed by atoms with Crippen molar-refractivity contribution in [1.29, 1.82) is 0 Å². The fourth-order valence-electron chi connectivity index (χ4n) is 2.50. The number of hydrogen-bond acceptors (Lipinski definition) is 5. The van der Waals surface area contributed by atoms with Gasteiger partial charge in [-0.2, -0.15) is 9.90 Å². The van der Waals surface area contributed by atoms with E-state index in [9.17, 15) is 4.79 Å².